The summed E-state index contributed by atoms with van der Waals surface area (Å²) < 4.78 is 0. The number of likely N-dealkylation sites (tertiary alicyclic amines) is 1. The van der Waals surface area contributed by atoms with Gasteiger partial charge >= 0.3 is 0 Å². The Kier molecular flexibility index (Phi) is 6.60. The molecule has 1 aromatic rings. The third kappa shape index (κ3) is 4.18. The second kappa shape index (κ2) is 8.23. The summed E-state index contributed by atoms with van der Waals surface area (Å²) in [5, 5.41) is 3.49. The van der Waals surface area contributed by atoms with Crippen LogP contribution in [0.3, 0.4) is 0 Å². The molecular formula is C17H25ClN2OS. The molecule has 2 fully saturated rings. The smallest absolute Gasteiger partial charge is 0.235 e. The number of fused-ring (bicyclic) bond motifs is 1. The normalized spacial score (nSPS) is 25.8. The highest BCUT2D eigenvalue weighted by Crippen LogP contribution is 2.29. The van der Waals surface area contributed by atoms with Crippen molar-refractivity contribution in [3.05, 3.63) is 30.3 Å². The molecule has 1 amide bonds. The summed E-state index contributed by atoms with van der Waals surface area (Å²) in [5.74, 6) is 1.86. The second-order valence-electron chi connectivity index (χ2n) is 6.15. The zero-order chi connectivity index (χ0) is 14.7. The second-order valence-corrected chi connectivity index (χ2v) is 7.57. The highest BCUT2D eigenvalue weighted by molar-refractivity contribution is 8.00. The zero-order valence-corrected chi connectivity index (χ0v) is 14.7. The lowest BCUT2D eigenvalue weighted by Crippen LogP contribution is -2.37. The molecule has 2 heterocycles. The maximum absolute atomic E-state index is 12.7. The molecule has 0 spiro atoms. The van der Waals surface area contributed by atoms with Gasteiger partial charge in [0.05, 0.1) is 5.25 Å². The molecule has 3 rings (SSSR count). The van der Waals surface area contributed by atoms with Crippen LogP contribution in [-0.2, 0) is 4.79 Å². The van der Waals surface area contributed by atoms with Crippen molar-refractivity contribution in [2.24, 2.45) is 11.8 Å². The fourth-order valence-corrected chi connectivity index (χ4v) is 4.42. The molecule has 122 valence electrons. The molecule has 2 saturated heterocycles. The van der Waals surface area contributed by atoms with Gasteiger partial charge in [0, 0.05) is 18.0 Å². The van der Waals surface area contributed by atoms with Crippen LogP contribution in [0.5, 0.6) is 0 Å². The van der Waals surface area contributed by atoms with Crippen LogP contribution < -0.4 is 5.32 Å². The maximum Gasteiger partial charge on any atom is 0.235 e. The van der Waals surface area contributed by atoms with Crippen LogP contribution in [0.4, 0.5) is 0 Å². The number of thioether (sulfide) groups is 1. The van der Waals surface area contributed by atoms with Crippen molar-refractivity contribution in [1.82, 2.24) is 10.2 Å². The van der Waals surface area contributed by atoms with E-state index < -0.39 is 0 Å². The van der Waals surface area contributed by atoms with Gasteiger partial charge in [0.1, 0.15) is 0 Å². The van der Waals surface area contributed by atoms with Gasteiger partial charge in [0.15, 0.2) is 0 Å². The van der Waals surface area contributed by atoms with Crippen LogP contribution in [0, 0.1) is 11.8 Å². The fraction of sp³-hybridized carbons (Fsp3) is 0.588. The number of nitrogens with one attached hydrogen (secondary N) is 1. The molecule has 5 heteroatoms. The Morgan fingerprint density at radius 3 is 2.36 bits per heavy atom. The van der Waals surface area contributed by atoms with Crippen molar-refractivity contribution in [2.75, 3.05) is 26.2 Å². The van der Waals surface area contributed by atoms with Crippen molar-refractivity contribution < 1.29 is 4.79 Å². The number of amides is 1. The van der Waals surface area contributed by atoms with Crippen LogP contribution in [0.2, 0.25) is 0 Å². The fourth-order valence-electron chi connectivity index (χ4n) is 3.45. The van der Waals surface area contributed by atoms with E-state index in [1.165, 1.54) is 4.90 Å². The van der Waals surface area contributed by atoms with Gasteiger partial charge in [-0.3, -0.25) is 4.79 Å². The Labute approximate surface area is 143 Å². The predicted molar refractivity (Wildman–Crippen MR) is 94.7 cm³/mol. The van der Waals surface area contributed by atoms with Crippen molar-refractivity contribution >= 4 is 30.1 Å². The molecule has 1 unspecified atom stereocenters. The summed E-state index contributed by atoms with van der Waals surface area (Å²) in [7, 11) is 0. The molecule has 0 saturated carbocycles. The Balaban J connectivity index is 0.00000176. The number of hydrogen-bond acceptors (Lipinski definition) is 3. The summed E-state index contributed by atoms with van der Waals surface area (Å²) in [5.41, 5.74) is 0. The van der Waals surface area contributed by atoms with Crippen molar-refractivity contribution in [3.8, 4) is 0 Å². The van der Waals surface area contributed by atoms with E-state index in [1.54, 1.807) is 11.8 Å². The molecule has 22 heavy (non-hydrogen) atoms. The third-order valence-corrected chi connectivity index (χ3v) is 5.83. The third-order valence-electron chi connectivity index (χ3n) is 4.73. The van der Waals surface area contributed by atoms with Gasteiger partial charge in [-0.1, -0.05) is 18.2 Å². The number of benzene rings is 1. The van der Waals surface area contributed by atoms with E-state index in [4.69, 9.17) is 0 Å². The minimum atomic E-state index is 0. The van der Waals surface area contributed by atoms with Gasteiger partial charge in [-0.2, -0.15) is 0 Å². The molecule has 2 aliphatic rings. The lowest BCUT2D eigenvalue weighted by Gasteiger charge is -2.24. The summed E-state index contributed by atoms with van der Waals surface area (Å²) in [6, 6.07) is 10.2. The van der Waals surface area contributed by atoms with E-state index in [1.807, 2.05) is 25.1 Å². The van der Waals surface area contributed by atoms with Gasteiger partial charge in [0.25, 0.3) is 0 Å². The van der Waals surface area contributed by atoms with Crippen LogP contribution in [0.15, 0.2) is 35.2 Å². The summed E-state index contributed by atoms with van der Waals surface area (Å²) >= 11 is 1.67. The SMILES string of the molecule is CC(Sc1ccccc1)C(=O)N1CC[C@@H]2CNC[C@@H]2CC1.Cl. The maximum atomic E-state index is 12.7. The lowest BCUT2D eigenvalue weighted by atomic mass is 9.92. The minimum absolute atomic E-state index is 0. The standard InChI is InChI=1S/C17H24N2OS.ClH/c1-13(21-16-5-3-2-4-6-16)17(20)19-9-7-14-11-18-12-15(14)8-10-19;/h2-6,13-15,18H,7-12H2,1H3;1H/t13?,14-,15+;. The Morgan fingerprint density at radius 2 is 1.77 bits per heavy atom. The molecule has 0 bridgehead atoms. The molecule has 2 aliphatic heterocycles. The first-order valence-electron chi connectivity index (χ1n) is 7.95. The number of rotatable bonds is 3. The first-order valence-corrected chi connectivity index (χ1v) is 8.83. The van der Waals surface area contributed by atoms with Crippen molar-refractivity contribution in [1.29, 1.82) is 0 Å². The van der Waals surface area contributed by atoms with Gasteiger partial charge in [-0.25, -0.2) is 0 Å². The first-order chi connectivity index (χ1) is 10.2. The van der Waals surface area contributed by atoms with E-state index in [0.717, 1.165) is 50.9 Å². The number of nitrogens with zero attached hydrogens (tertiary/aromatic N) is 1. The van der Waals surface area contributed by atoms with Gasteiger partial charge in [-0.05, 0) is 56.8 Å². The van der Waals surface area contributed by atoms with Gasteiger partial charge < -0.3 is 10.2 Å². The van der Waals surface area contributed by atoms with Crippen molar-refractivity contribution in [2.45, 2.75) is 29.9 Å². The number of halogens is 1. The molecule has 3 atom stereocenters. The first kappa shape index (κ1) is 17.6. The van der Waals surface area contributed by atoms with Crippen LogP contribution >= 0.6 is 24.2 Å². The molecule has 3 nitrogen and oxygen atoms in total. The molecule has 1 aromatic carbocycles. The van der Waals surface area contributed by atoms with Crippen LogP contribution in [0.25, 0.3) is 0 Å². The molecule has 0 radical (unpaired) electrons. The largest absolute Gasteiger partial charge is 0.342 e. The lowest BCUT2D eigenvalue weighted by molar-refractivity contribution is -0.130. The van der Waals surface area contributed by atoms with Gasteiger partial charge in [-0.15, -0.1) is 24.2 Å². The van der Waals surface area contributed by atoms with Crippen molar-refractivity contribution in [3.63, 3.8) is 0 Å². The predicted octanol–water partition coefficient (Wildman–Crippen LogP) is 3.05. The van der Waals surface area contributed by atoms with E-state index in [-0.39, 0.29) is 17.7 Å². The van der Waals surface area contributed by atoms with Gasteiger partial charge in [0.2, 0.25) is 5.91 Å². The molecule has 0 aromatic heterocycles. The topological polar surface area (TPSA) is 32.3 Å². The number of carbonyl (C=O) groups is 1. The Morgan fingerprint density at radius 1 is 1.18 bits per heavy atom. The van der Waals surface area contributed by atoms with E-state index in [9.17, 15) is 4.79 Å². The average Bonchev–Trinajstić information content (AvgIpc) is 2.86. The highest BCUT2D eigenvalue weighted by atomic mass is 35.5. The Hall–Kier alpha value is -0.710. The monoisotopic (exact) mass is 340 g/mol. The van der Waals surface area contributed by atoms with E-state index >= 15 is 0 Å². The zero-order valence-electron chi connectivity index (χ0n) is 13.0. The summed E-state index contributed by atoms with van der Waals surface area (Å²) in [6.45, 7) is 6.18. The van der Waals surface area contributed by atoms with Crippen LogP contribution in [-0.4, -0.2) is 42.2 Å². The quantitative estimate of drug-likeness (QED) is 0.858. The summed E-state index contributed by atoms with van der Waals surface area (Å²) in [6.07, 6.45) is 2.32. The minimum Gasteiger partial charge on any atom is -0.342 e. The van der Waals surface area contributed by atoms with Crippen LogP contribution in [0.1, 0.15) is 19.8 Å². The highest BCUT2D eigenvalue weighted by Gasteiger charge is 2.32. The van der Waals surface area contributed by atoms with E-state index in [2.05, 4.69) is 22.3 Å². The number of hydrogen-bond donors (Lipinski definition) is 1. The Bertz CT molecular complexity index is 471. The summed E-state index contributed by atoms with van der Waals surface area (Å²) in [4.78, 5) is 15.9. The molecule has 1 N–H and O–H groups in total. The molecule has 0 aliphatic carbocycles. The molecular weight excluding hydrogens is 316 g/mol. The van der Waals surface area contributed by atoms with E-state index in [0.29, 0.717) is 5.91 Å². The average molecular weight is 341 g/mol. The number of carbonyl (C=O) groups excluding carboxylic acids is 1.